The smallest absolute Gasteiger partial charge is 0.266 e. The van der Waals surface area contributed by atoms with Crippen molar-refractivity contribution >= 4 is 11.6 Å². The first-order chi connectivity index (χ1) is 10.5. The second-order valence-electron chi connectivity index (χ2n) is 4.85. The van der Waals surface area contributed by atoms with E-state index in [9.17, 15) is 10.1 Å². The van der Waals surface area contributed by atoms with Gasteiger partial charge < -0.3 is 10.2 Å². The number of carbonyl (C=O) groups is 1. The van der Waals surface area contributed by atoms with Crippen molar-refractivity contribution in [1.29, 1.82) is 5.26 Å². The van der Waals surface area contributed by atoms with E-state index in [2.05, 4.69) is 18.5 Å². The standard InChI is InChI=1S/C18H21N3O/c1-5-10-21(11-6-2)18(22)16(12-19)13-20-17-9-7-8-14(3)15(17)4/h5-9,13,20H,1-2,10-11H2,3-4H3/b16-13-. The topological polar surface area (TPSA) is 56.1 Å². The molecule has 0 spiro atoms. The second-order valence-corrected chi connectivity index (χ2v) is 4.85. The van der Waals surface area contributed by atoms with E-state index < -0.39 is 0 Å². The number of nitrogens with zero attached hydrogens (tertiary/aromatic N) is 2. The highest BCUT2D eigenvalue weighted by Crippen LogP contribution is 2.18. The minimum absolute atomic E-state index is 0.0459. The first-order valence-electron chi connectivity index (χ1n) is 6.99. The van der Waals surface area contributed by atoms with Gasteiger partial charge in [-0.15, -0.1) is 13.2 Å². The molecule has 0 aliphatic heterocycles. The summed E-state index contributed by atoms with van der Waals surface area (Å²) in [5.74, 6) is -0.347. The normalized spacial score (nSPS) is 10.5. The largest absolute Gasteiger partial charge is 0.360 e. The summed E-state index contributed by atoms with van der Waals surface area (Å²) in [6, 6.07) is 7.78. The maximum atomic E-state index is 12.3. The van der Waals surface area contributed by atoms with Crippen molar-refractivity contribution in [3.63, 3.8) is 0 Å². The van der Waals surface area contributed by atoms with E-state index in [1.807, 2.05) is 38.1 Å². The van der Waals surface area contributed by atoms with Gasteiger partial charge in [0.15, 0.2) is 0 Å². The Morgan fingerprint density at radius 2 is 1.95 bits per heavy atom. The Morgan fingerprint density at radius 1 is 1.32 bits per heavy atom. The molecule has 1 aromatic rings. The van der Waals surface area contributed by atoms with Gasteiger partial charge in [0, 0.05) is 25.0 Å². The van der Waals surface area contributed by atoms with Crippen molar-refractivity contribution < 1.29 is 4.79 Å². The number of carbonyl (C=O) groups excluding carboxylic acids is 1. The SMILES string of the molecule is C=CCN(CC=C)C(=O)/C(C#N)=C\Nc1cccc(C)c1C. The van der Waals surface area contributed by atoms with Gasteiger partial charge in [0.1, 0.15) is 11.6 Å². The quantitative estimate of drug-likeness (QED) is 0.477. The average molecular weight is 295 g/mol. The van der Waals surface area contributed by atoms with Gasteiger partial charge >= 0.3 is 0 Å². The van der Waals surface area contributed by atoms with Crippen molar-refractivity contribution in [2.45, 2.75) is 13.8 Å². The van der Waals surface area contributed by atoms with Gasteiger partial charge in [-0.05, 0) is 31.0 Å². The Hall–Kier alpha value is -2.80. The predicted octanol–water partition coefficient (Wildman–Crippen LogP) is 3.32. The fourth-order valence-corrected chi connectivity index (χ4v) is 1.92. The molecule has 1 amide bonds. The lowest BCUT2D eigenvalue weighted by atomic mass is 10.1. The average Bonchev–Trinajstić information content (AvgIpc) is 2.51. The number of nitriles is 1. The van der Waals surface area contributed by atoms with Crippen LogP contribution in [0.4, 0.5) is 5.69 Å². The van der Waals surface area contributed by atoms with Gasteiger partial charge in [-0.25, -0.2) is 0 Å². The first-order valence-corrected chi connectivity index (χ1v) is 6.99. The third-order valence-electron chi connectivity index (χ3n) is 3.31. The molecule has 0 saturated carbocycles. The van der Waals surface area contributed by atoms with E-state index in [1.165, 1.54) is 11.1 Å². The molecule has 0 radical (unpaired) electrons. The molecular formula is C18H21N3O. The highest BCUT2D eigenvalue weighted by molar-refractivity contribution is 5.97. The van der Waals surface area contributed by atoms with Crippen molar-refractivity contribution in [2.75, 3.05) is 18.4 Å². The minimum Gasteiger partial charge on any atom is -0.360 e. The number of hydrogen-bond acceptors (Lipinski definition) is 3. The van der Waals surface area contributed by atoms with Crippen LogP contribution in [-0.2, 0) is 4.79 Å². The van der Waals surface area contributed by atoms with E-state index in [1.54, 1.807) is 12.2 Å². The van der Waals surface area contributed by atoms with Gasteiger partial charge in [-0.1, -0.05) is 24.3 Å². The van der Waals surface area contributed by atoms with Crippen LogP contribution in [0.25, 0.3) is 0 Å². The molecule has 1 aromatic carbocycles. The molecule has 0 fully saturated rings. The molecule has 0 heterocycles. The molecule has 22 heavy (non-hydrogen) atoms. The summed E-state index contributed by atoms with van der Waals surface area (Å²) < 4.78 is 0. The summed E-state index contributed by atoms with van der Waals surface area (Å²) in [6.45, 7) is 12.0. The third-order valence-corrected chi connectivity index (χ3v) is 3.31. The van der Waals surface area contributed by atoms with E-state index in [4.69, 9.17) is 0 Å². The van der Waals surface area contributed by atoms with Crippen LogP contribution in [0, 0.1) is 25.2 Å². The zero-order chi connectivity index (χ0) is 16.5. The van der Waals surface area contributed by atoms with Crippen LogP contribution < -0.4 is 5.32 Å². The molecule has 4 nitrogen and oxygen atoms in total. The third kappa shape index (κ3) is 4.35. The van der Waals surface area contributed by atoms with Gasteiger partial charge in [-0.3, -0.25) is 4.79 Å². The van der Waals surface area contributed by atoms with Crippen molar-refractivity contribution in [3.8, 4) is 6.07 Å². The maximum absolute atomic E-state index is 12.3. The molecule has 1 rings (SSSR count). The monoisotopic (exact) mass is 295 g/mol. The summed E-state index contributed by atoms with van der Waals surface area (Å²) in [4.78, 5) is 13.8. The highest BCUT2D eigenvalue weighted by Gasteiger charge is 2.16. The van der Waals surface area contributed by atoms with E-state index >= 15 is 0 Å². The van der Waals surface area contributed by atoms with Crippen LogP contribution >= 0.6 is 0 Å². The molecule has 0 aromatic heterocycles. The Kier molecular flexibility index (Phi) is 6.65. The molecule has 114 valence electrons. The number of nitrogens with one attached hydrogen (secondary N) is 1. The molecule has 0 bridgehead atoms. The van der Waals surface area contributed by atoms with E-state index in [0.717, 1.165) is 16.8 Å². The number of benzene rings is 1. The fraction of sp³-hybridized carbons (Fsp3) is 0.222. The Balaban J connectivity index is 2.97. The lowest BCUT2D eigenvalue weighted by Gasteiger charge is -2.18. The van der Waals surface area contributed by atoms with Crippen LogP contribution in [0.15, 0.2) is 55.3 Å². The molecular weight excluding hydrogens is 274 g/mol. The van der Waals surface area contributed by atoms with Crippen LogP contribution in [0.1, 0.15) is 11.1 Å². The Morgan fingerprint density at radius 3 is 2.50 bits per heavy atom. The Labute approximate surface area is 132 Å². The number of anilines is 1. The molecule has 4 heteroatoms. The zero-order valence-corrected chi connectivity index (χ0v) is 13.1. The minimum atomic E-state index is -0.347. The molecule has 1 N–H and O–H groups in total. The number of rotatable bonds is 7. The summed E-state index contributed by atoms with van der Waals surface area (Å²) in [5.41, 5.74) is 3.14. The number of amides is 1. The molecule has 0 aliphatic carbocycles. The number of hydrogen-bond donors (Lipinski definition) is 1. The lowest BCUT2D eigenvalue weighted by molar-refractivity contribution is -0.125. The van der Waals surface area contributed by atoms with Gasteiger partial charge in [-0.2, -0.15) is 5.26 Å². The second kappa shape index (κ2) is 8.48. The molecule has 0 aliphatic rings. The summed E-state index contributed by atoms with van der Waals surface area (Å²) in [5, 5.41) is 12.3. The molecule has 0 atom stereocenters. The van der Waals surface area contributed by atoms with Gasteiger partial charge in [0.25, 0.3) is 5.91 Å². The number of aryl methyl sites for hydroxylation is 1. The summed E-state index contributed by atoms with van der Waals surface area (Å²) >= 11 is 0. The van der Waals surface area contributed by atoms with E-state index in [0.29, 0.717) is 13.1 Å². The predicted molar refractivity (Wildman–Crippen MR) is 90.2 cm³/mol. The fourth-order valence-electron chi connectivity index (χ4n) is 1.92. The Bertz CT molecular complexity index is 628. The van der Waals surface area contributed by atoms with Gasteiger partial charge in [0.2, 0.25) is 0 Å². The first kappa shape index (κ1) is 17.3. The summed E-state index contributed by atoms with van der Waals surface area (Å²) in [7, 11) is 0. The van der Waals surface area contributed by atoms with Gasteiger partial charge in [0.05, 0.1) is 0 Å². The van der Waals surface area contributed by atoms with Crippen LogP contribution in [-0.4, -0.2) is 23.9 Å². The maximum Gasteiger partial charge on any atom is 0.266 e. The zero-order valence-electron chi connectivity index (χ0n) is 13.1. The molecule has 0 saturated heterocycles. The van der Waals surface area contributed by atoms with E-state index in [-0.39, 0.29) is 11.5 Å². The summed E-state index contributed by atoms with van der Waals surface area (Å²) in [6.07, 6.45) is 4.69. The van der Waals surface area contributed by atoms with Crippen LogP contribution in [0.5, 0.6) is 0 Å². The lowest BCUT2D eigenvalue weighted by Crippen LogP contribution is -2.32. The molecule has 0 unspecified atom stereocenters. The van der Waals surface area contributed by atoms with Crippen molar-refractivity contribution in [3.05, 3.63) is 66.4 Å². The van der Waals surface area contributed by atoms with Crippen molar-refractivity contribution in [1.82, 2.24) is 4.90 Å². The highest BCUT2D eigenvalue weighted by atomic mass is 16.2. The van der Waals surface area contributed by atoms with Crippen molar-refractivity contribution in [2.24, 2.45) is 0 Å². The van der Waals surface area contributed by atoms with Crippen LogP contribution in [0.2, 0.25) is 0 Å². The van der Waals surface area contributed by atoms with Crippen LogP contribution in [0.3, 0.4) is 0 Å².